The number of fused-ring (bicyclic) bond motifs is 1. The lowest BCUT2D eigenvalue weighted by atomic mass is 10.2. The van der Waals surface area contributed by atoms with E-state index >= 15 is 0 Å². The quantitative estimate of drug-likeness (QED) is 0.266. The standard InChI is InChI=1S/C26H33ClN2O4/c1-3-4-7-15-32-21-14-13-20(22(27)17-21)18-29-19(2)28-23-10-9-11-24(26(23)29)33-16-8-5-6-12-25(30)31/h9-11,13-14,17H,3-8,12,15-16,18H2,1-2H3,(H,30,31). The van der Waals surface area contributed by atoms with E-state index in [2.05, 4.69) is 11.5 Å². The molecule has 0 spiro atoms. The largest absolute Gasteiger partial charge is 0.494 e. The summed E-state index contributed by atoms with van der Waals surface area (Å²) in [6.07, 6.45) is 5.86. The second kappa shape index (κ2) is 12.5. The van der Waals surface area contributed by atoms with Crippen molar-refractivity contribution in [3.05, 3.63) is 52.8 Å². The van der Waals surface area contributed by atoms with Crippen LogP contribution in [0.1, 0.15) is 63.3 Å². The van der Waals surface area contributed by atoms with Crippen molar-refractivity contribution >= 4 is 28.6 Å². The number of unbranched alkanes of at least 4 members (excludes halogenated alkanes) is 4. The summed E-state index contributed by atoms with van der Waals surface area (Å²) in [6, 6.07) is 11.7. The number of hydrogen-bond acceptors (Lipinski definition) is 4. The number of rotatable bonds is 14. The van der Waals surface area contributed by atoms with Gasteiger partial charge >= 0.3 is 5.97 Å². The highest BCUT2D eigenvalue weighted by Gasteiger charge is 2.14. The summed E-state index contributed by atoms with van der Waals surface area (Å²) in [5, 5.41) is 9.42. The van der Waals surface area contributed by atoms with E-state index in [1.807, 2.05) is 43.3 Å². The molecule has 3 aromatic rings. The summed E-state index contributed by atoms with van der Waals surface area (Å²) in [5.41, 5.74) is 2.81. The Morgan fingerprint density at radius 1 is 1.06 bits per heavy atom. The number of carbonyl (C=O) groups is 1. The first-order chi connectivity index (χ1) is 16.0. The minimum Gasteiger partial charge on any atom is -0.494 e. The molecule has 1 aromatic heterocycles. The van der Waals surface area contributed by atoms with Crippen LogP contribution in [0.2, 0.25) is 5.02 Å². The topological polar surface area (TPSA) is 73.6 Å². The van der Waals surface area contributed by atoms with Crippen LogP contribution in [-0.2, 0) is 11.3 Å². The molecule has 3 rings (SSSR count). The monoisotopic (exact) mass is 472 g/mol. The van der Waals surface area contributed by atoms with Gasteiger partial charge in [-0.3, -0.25) is 4.79 Å². The Labute approximate surface area is 200 Å². The van der Waals surface area contributed by atoms with Crippen molar-refractivity contribution in [1.29, 1.82) is 0 Å². The van der Waals surface area contributed by atoms with Crippen molar-refractivity contribution in [3.63, 3.8) is 0 Å². The number of carboxylic acids is 1. The highest BCUT2D eigenvalue weighted by molar-refractivity contribution is 6.31. The van der Waals surface area contributed by atoms with Crippen LogP contribution in [0.5, 0.6) is 11.5 Å². The Morgan fingerprint density at radius 2 is 1.85 bits per heavy atom. The molecule has 0 aliphatic carbocycles. The Balaban J connectivity index is 1.70. The van der Waals surface area contributed by atoms with E-state index in [0.29, 0.717) is 31.2 Å². The van der Waals surface area contributed by atoms with Crippen LogP contribution in [0.3, 0.4) is 0 Å². The molecule has 6 nitrogen and oxygen atoms in total. The second-order valence-electron chi connectivity index (χ2n) is 8.23. The molecule has 7 heteroatoms. The first-order valence-electron chi connectivity index (χ1n) is 11.7. The van der Waals surface area contributed by atoms with Crippen molar-refractivity contribution in [2.45, 2.75) is 65.3 Å². The maximum Gasteiger partial charge on any atom is 0.303 e. The number of aromatic nitrogens is 2. The van der Waals surface area contributed by atoms with Crippen LogP contribution in [0.4, 0.5) is 0 Å². The van der Waals surface area contributed by atoms with E-state index in [1.165, 1.54) is 0 Å². The lowest BCUT2D eigenvalue weighted by molar-refractivity contribution is -0.137. The van der Waals surface area contributed by atoms with E-state index in [-0.39, 0.29) is 6.42 Å². The fourth-order valence-corrected chi connectivity index (χ4v) is 4.00. The SMILES string of the molecule is CCCCCOc1ccc(Cn2c(C)nc3cccc(OCCCCCC(=O)O)c32)c(Cl)c1. The number of hydrogen-bond donors (Lipinski definition) is 1. The fourth-order valence-electron chi connectivity index (χ4n) is 3.77. The maximum atomic E-state index is 10.6. The highest BCUT2D eigenvalue weighted by atomic mass is 35.5. The number of aryl methyl sites for hydroxylation is 1. The number of carboxylic acid groups (broad SMARTS) is 1. The minimum atomic E-state index is -0.755. The van der Waals surface area contributed by atoms with Gasteiger partial charge in [0.15, 0.2) is 0 Å². The van der Waals surface area contributed by atoms with Gasteiger partial charge in [0.25, 0.3) is 0 Å². The Hall–Kier alpha value is -2.73. The lowest BCUT2D eigenvalue weighted by Gasteiger charge is -2.14. The summed E-state index contributed by atoms with van der Waals surface area (Å²) >= 11 is 6.60. The molecule has 0 bridgehead atoms. The normalized spacial score (nSPS) is 11.1. The molecule has 0 atom stereocenters. The van der Waals surface area contributed by atoms with Crippen LogP contribution in [0.25, 0.3) is 11.0 Å². The first-order valence-corrected chi connectivity index (χ1v) is 12.1. The molecule has 0 fully saturated rings. The molecule has 1 heterocycles. The van der Waals surface area contributed by atoms with Gasteiger partial charge < -0.3 is 19.1 Å². The van der Waals surface area contributed by atoms with E-state index in [0.717, 1.165) is 66.0 Å². The fraction of sp³-hybridized carbons (Fsp3) is 0.462. The summed E-state index contributed by atoms with van der Waals surface area (Å²) in [5.74, 6) is 1.70. The summed E-state index contributed by atoms with van der Waals surface area (Å²) < 4.78 is 14.0. The first kappa shape index (κ1) is 24.9. The summed E-state index contributed by atoms with van der Waals surface area (Å²) in [4.78, 5) is 15.3. The number of halogens is 1. The molecule has 0 unspecified atom stereocenters. The van der Waals surface area contributed by atoms with Crippen molar-refractivity contribution < 1.29 is 19.4 Å². The number of aliphatic carboxylic acids is 1. The van der Waals surface area contributed by atoms with E-state index < -0.39 is 5.97 Å². The van der Waals surface area contributed by atoms with Gasteiger partial charge in [0.2, 0.25) is 0 Å². The van der Waals surface area contributed by atoms with Crippen LogP contribution in [0.15, 0.2) is 36.4 Å². The van der Waals surface area contributed by atoms with Gasteiger partial charge in [-0.25, -0.2) is 4.98 Å². The third-order valence-electron chi connectivity index (χ3n) is 5.58. The zero-order chi connectivity index (χ0) is 23.6. The Kier molecular flexibility index (Phi) is 9.43. The highest BCUT2D eigenvalue weighted by Crippen LogP contribution is 2.30. The molecule has 0 aliphatic heterocycles. The molecule has 0 saturated carbocycles. The zero-order valence-electron chi connectivity index (χ0n) is 19.5. The molecule has 2 aromatic carbocycles. The van der Waals surface area contributed by atoms with E-state index in [1.54, 1.807) is 0 Å². The van der Waals surface area contributed by atoms with Gasteiger partial charge in [0.1, 0.15) is 22.8 Å². The number of nitrogens with zero attached hydrogens (tertiary/aromatic N) is 2. The molecule has 0 saturated heterocycles. The van der Waals surface area contributed by atoms with Crippen LogP contribution in [-0.4, -0.2) is 33.8 Å². The molecule has 1 N–H and O–H groups in total. The average Bonchev–Trinajstić information content (AvgIpc) is 3.11. The molecular weight excluding hydrogens is 440 g/mol. The average molecular weight is 473 g/mol. The van der Waals surface area contributed by atoms with Crippen molar-refractivity contribution in [2.75, 3.05) is 13.2 Å². The van der Waals surface area contributed by atoms with Gasteiger partial charge in [-0.1, -0.05) is 43.5 Å². The molecule has 33 heavy (non-hydrogen) atoms. The van der Waals surface area contributed by atoms with Crippen LogP contribution in [0, 0.1) is 6.92 Å². The Bertz CT molecular complexity index is 1060. The lowest BCUT2D eigenvalue weighted by Crippen LogP contribution is -2.05. The predicted molar refractivity (Wildman–Crippen MR) is 132 cm³/mol. The predicted octanol–water partition coefficient (Wildman–Crippen LogP) is 6.64. The molecular formula is C26H33ClN2O4. The molecule has 0 amide bonds. The number of benzene rings is 2. The third-order valence-corrected chi connectivity index (χ3v) is 5.93. The van der Waals surface area contributed by atoms with Gasteiger partial charge in [-0.2, -0.15) is 0 Å². The van der Waals surface area contributed by atoms with E-state index in [4.69, 9.17) is 31.2 Å². The summed E-state index contributed by atoms with van der Waals surface area (Å²) in [7, 11) is 0. The van der Waals surface area contributed by atoms with Gasteiger partial charge in [0, 0.05) is 11.4 Å². The number of ether oxygens (including phenoxy) is 2. The van der Waals surface area contributed by atoms with Gasteiger partial charge in [-0.05, 0) is 62.4 Å². The number of para-hydroxylation sites is 1. The molecule has 0 radical (unpaired) electrons. The van der Waals surface area contributed by atoms with Crippen LogP contribution >= 0.6 is 11.6 Å². The van der Waals surface area contributed by atoms with Gasteiger partial charge in [-0.15, -0.1) is 0 Å². The van der Waals surface area contributed by atoms with E-state index in [9.17, 15) is 4.79 Å². The minimum absolute atomic E-state index is 0.199. The summed E-state index contributed by atoms with van der Waals surface area (Å²) in [6.45, 7) is 5.97. The smallest absolute Gasteiger partial charge is 0.303 e. The second-order valence-corrected chi connectivity index (χ2v) is 8.64. The maximum absolute atomic E-state index is 10.6. The molecule has 0 aliphatic rings. The van der Waals surface area contributed by atoms with Crippen molar-refractivity contribution in [2.24, 2.45) is 0 Å². The van der Waals surface area contributed by atoms with Crippen molar-refractivity contribution in [1.82, 2.24) is 9.55 Å². The molecule has 178 valence electrons. The van der Waals surface area contributed by atoms with Crippen LogP contribution < -0.4 is 9.47 Å². The van der Waals surface area contributed by atoms with Crippen molar-refractivity contribution in [3.8, 4) is 11.5 Å². The van der Waals surface area contributed by atoms with Gasteiger partial charge in [0.05, 0.1) is 25.3 Å². The Morgan fingerprint density at radius 3 is 2.61 bits per heavy atom. The third kappa shape index (κ3) is 7.13. The number of imidazole rings is 1. The zero-order valence-corrected chi connectivity index (χ0v) is 20.2.